The van der Waals surface area contributed by atoms with E-state index < -0.39 is 0 Å². The van der Waals surface area contributed by atoms with E-state index in [1.54, 1.807) is 6.08 Å². The lowest BCUT2D eigenvalue weighted by molar-refractivity contribution is 0.397. The number of guanidine groups is 1. The monoisotopic (exact) mass is 418 g/mol. The maximum absolute atomic E-state index is 10.3. The van der Waals surface area contributed by atoms with Gasteiger partial charge in [0.05, 0.1) is 12.2 Å². The Balaban J connectivity index is 1.35. The molecule has 0 radical (unpaired) electrons. The molecule has 0 spiro atoms. The second kappa shape index (κ2) is 9.55. The highest BCUT2D eigenvalue weighted by Crippen LogP contribution is 2.33. The molecular weight excluding hydrogens is 388 g/mol. The first-order valence-electron chi connectivity index (χ1n) is 10.8. The van der Waals surface area contributed by atoms with Crippen molar-refractivity contribution >= 4 is 17.4 Å². The van der Waals surface area contributed by atoms with Crippen LogP contribution in [0.15, 0.2) is 71.7 Å². The Labute approximate surface area is 183 Å². The van der Waals surface area contributed by atoms with Crippen molar-refractivity contribution < 1.29 is 5.11 Å². The average Bonchev–Trinajstić information content (AvgIpc) is 3.44. The number of nitrogens with one attached hydrogen (secondary N) is 4. The average molecular weight is 419 g/mol. The van der Waals surface area contributed by atoms with E-state index in [1.165, 1.54) is 25.7 Å². The quantitative estimate of drug-likeness (QED) is 0.339. The fraction of sp³-hybridized carbons (Fsp3) is 0.333. The molecule has 1 aliphatic carbocycles. The molecule has 2 aliphatic rings. The van der Waals surface area contributed by atoms with E-state index in [4.69, 9.17) is 0 Å². The summed E-state index contributed by atoms with van der Waals surface area (Å²) >= 11 is 0. The van der Waals surface area contributed by atoms with Crippen molar-refractivity contribution in [2.45, 2.75) is 44.6 Å². The number of aliphatic imine (C=N–C) groups is 1. The van der Waals surface area contributed by atoms with Gasteiger partial charge in [0.2, 0.25) is 0 Å². The first kappa shape index (κ1) is 20.8. The Hall–Kier alpha value is -3.48. The van der Waals surface area contributed by atoms with Gasteiger partial charge in [-0.15, -0.1) is 0 Å². The number of benzene rings is 1. The third-order valence-electron chi connectivity index (χ3n) is 5.56. The van der Waals surface area contributed by atoms with E-state index in [9.17, 15) is 5.11 Å². The molecule has 1 aromatic heterocycles. The molecule has 1 unspecified atom stereocenters. The van der Waals surface area contributed by atoms with Gasteiger partial charge < -0.3 is 21.1 Å². The number of aliphatic hydroxyl groups excluding tert-OH is 1. The number of anilines is 1. The maximum Gasteiger partial charge on any atom is 0.198 e. The number of hydrogen-bond acceptors (Lipinski definition) is 6. The third-order valence-corrected chi connectivity index (χ3v) is 5.56. The minimum atomic E-state index is 0.0881. The SMILES string of the molecule is C=C(/C=C(\O)CNC1=NC(Nc2cc(C3CCCC3)n[nH]2)=CC(C)N1)c1ccccc1. The number of aromatic amines is 1. The van der Waals surface area contributed by atoms with Crippen LogP contribution in [0.2, 0.25) is 0 Å². The van der Waals surface area contributed by atoms with E-state index in [-0.39, 0.29) is 18.3 Å². The lowest BCUT2D eigenvalue weighted by Crippen LogP contribution is -2.44. The maximum atomic E-state index is 10.3. The van der Waals surface area contributed by atoms with Crippen LogP contribution in [0.4, 0.5) is 5.82 Å². The van der Waals surface area contributed by atoms with Gasteiger partial charge in [-0.05, 0) is 43.1 Å². The Bertz CT molecular complexity index is 998. The number of rotatable bonds is 7. The van der Waals surface area contributed by atoms with Crippen LogP contribution >= 0.6 is 0 Å². The Morgan fingerprint density at radius 2 is 2.03 bits per heavy atom. The van der Waals surface area contributed by atoms with E-state index in [2.05, 4.69) is 43.8 Å². The molecule has 1 fully saturated rings. The first-order valence-corrected chi connectivity index (χ1v) is 10.8. The van der Waals surface area contributed by atoms with Gasteiger partial charge in [0, 0.05) is 18.0 Å². The Morgan fingerprint density at radius 1 is 1.26 bits per heavy atom. The summed E-state index contributed by atoms with van der Waals surface area (Å²) in [5.41, 5.74) is 2.85. The summed E-state index contributed by atoms with van der Waals surface area (Å²) in [5.74, 6) is 2.91. The molecule has 4 rings (SSSR count). The minimum Gasteiger partial charge on any atom is -0.510 e. The number of H-pyrrole nitrogens is 1. The van der Waals surface area contributed by atoms with Crippen LogP contribution < -0.4 is 16.0 Å². The van der Waals surface area contributed by atoms with Crippen LogP contribution in [0.1, 0.15) is 49.8 Å². The van der Waals surface area contributed by atoms with Crippen molar-refractivity contribution in [1.29, 1.82) is 0 Å². The minimum absolute atomic E-state index is 0.0881. The van der Waals surface area contributed by atoms with Crippen molar-refractivity contribution in [2.75, 3.05) is 11.9 Å². The summed E-state index contributed by atoms with van der Waals surface area (Å²) in [6.45, 7) is 6.31. The second-order valence-electron chi connectivity index (χ2n) is 8.14. The van der Waals surface area contributed by atoms with Gasteiger partial charge in [-0.3, -0.25) is 5.10 Å². The Kier molecular flexibility index (Phi) is 6.40. The standard InChI is InChI=1S/C24H30N6O/c1-16(18-8-4-3-5-9-18)12-20(31)15-25-24-26-17(2)13-22(28-24)27-23-14-21(29-30-23)19-10-6-7-11-19/h3-5,8-9,12-14,17,19,31H,1,6-7,10-11,15H2,2H3,(H2,25,26,28)(H2,27,29,30)/b20-12-. The van der Waals surface area contributed by atoms with Crippen molar-refractivity contribution in [3.63, 3.8) is 0 Å². The fourth-order valence-electron chi connectivity index (χ4n) is 3.98. The normalized spacial score (nSPS) is 19.4. The number of hydrogen-bond donors (Lipinski definition) is 5. The number of aromatic nitrogens is 2. The van der Waals surface area contributed by atoms with Crippen LogP contribution in [-0.2, 0) is 0 Å². The zero-order valence-corrected chi connectivity index (χ0v) is 17.9. The Morgan fingerprint density at radius 3 is 2.81 bits per heavy atom. The smallest absolute Gasteiger partial charge is 0.198 e. The summed E-state index contributed by atoms with van der Waals surface area (Å²) in [6, 6.07) is 11.9. The highest BCUT2D eigenvalue weighted by Gasteiger charge is 2.20. The van der Waals surface area contributed by atoms with Gasteiger partial charge in [0.1, 0.15) is 17.4 Å². The molecule has 0 saturated heterocycles. The van der Waals surface area contributed by atoms with E-state index >= 15 is 0 Å². The van der Waals surface area contributed by atoms with Gasteiger partial charge in [-0.2, -0.15) is 10.1 Å². The number of allylic oxidation sites excluding steroid dienone is 2. The number of nitrogens with zero attached hydrogens (tertiary/aromatic N) is 2. The number of aliphatic hydroxyl groups is 1. The molecule has 0 amide bonds. The van der Waals surface area contributed by atoms with E-state index in [1.807, 2.05) is 43.3 Å². The molecule has 7 heteroatoms. The summed E-state index contributed by atoms with van der Waals surface area (Å²) in [5, 5.41) is 27.6. The highest BCUT2D eigenvalue weighted by molar-refractivity contribution is 5.83. The highest BCUT2D eigenvalue weighted by atomic mass is 16.3. The van der Waals surface area contributed by atoms with E-state index in [0.717, 1.165) is 28.5 Å². The molecule has 1 aromatic carbocycles. The van der Waals surface area contributed by atoms with Crippen molar-refractivity contribution in [3.8, 4) is 0 Å². The van der Waals surface area contributed by atoms with Gasteiger partial charge in [-0.1, -0.05) is 49.8 Å². The molecule has 1 aliphatic heterocycles. The van der Waals surface area contributed by atoms with Crippen LogP contribution in [-0.4, -0.2) is 33.9 Å². The largest absolute Gasteiger partial charge is 0.510 e. The second-order valence-corrected chi connectivity index (χ2v) is 8.14. The lowest BCUT2D eigenvalue weighted by atomic mass is 10.0. The zero-order chi connectivity index (χ0) is 21.6. The molecule has 1 saturated carbocycles. The van der Waals surface area contributed by atoms with Crippen LogP contribution in [0, 0.1) is 0 Å². The molecule has 7 nitrogen and oxygen atoms in total. The predicted octanol–water partition coefficient (Wildman–Crippen LogP) is 4.41. The van der Waals surface area contributed by atoms with E-state index in [0.29, 0.717) is 11.9 Å². The lowest BCUT2D eigenvalue weighted by Gasteiger charge is -2.21. The molecule has 31 heavy (non-hydrogen) atoms. The molecule has 2 heterocycles. The predicted molar refractivity (Wildman–Crippen MR) is 126 cm³/mol. The molecule has 1 atom stereocenters. The van der Waals surface area contributed by atoms with Gasteiger partial charge in [0.15, 0.2) is 5.96 Å². The third kappa shape index (κ3) is 5.57. The molecule has 0 bridgehead atoms. The topological polar surface area (TPSA) is 97.4 Å². The summed E-state index contributed by atoms with van der Waals surface area (Å²) in [6.07, 6.45) is 8.68. The van der Waals surface area contributed by atoms with Gasteiger partial charge in [-0.25, -0.2) is 0 Å². The van der Waals surface area contributed by atoms with Crippen LogP contribution in [0.25, 0.3) is 5.57 Å². The zero-order valence-electron chi connectivity index (χ0n) is 17.9. The van der Waals surface area contributed by atoms with Crippen molar-refractivity contribution in [1.82, 2.24) is 20.8 Å². The first-order chi connectivity index (χ1) is 15.1. The van der Waals surface area contributed by atoms with Gasteiger partial charge in [0.25, 0.3) is 0 Å². The molecule has 162 valence electrons. The molecule has 2 aromatic rings. The fourth-order valence-corrected chi connectivity index (χ4v) is 3.98. The molecule has 5 N–H and O–H groups in total. The van der Waals surface area contributed by atoms with Crippen LogP contribution in [0.3, 0.4) is 0 Å². The van der Waals surface area contributed by atoms with Crippen LogP contribution in [0.5, 0.6) is 0 Å². The summed E-state index contributed by atoms with van der Waals surface area (Å²) < 4.78 is 0. The van der Waals surface area contributed by atoms with Crippen molar-refractivity contribution in [3.05, 3.63) is 78.0 Å². The molecular formula is C24H30N6O. The van der Waals surface area contributed by atoms with Crippen molar-refractivity contribution in [2.24, 2.45) is 4.99 Å². The summed E-state index contributed by atoms with van der Waals surface area (Å²) in [7, 11) is 0. The summed E-state index contributed by atoms with van der Waals surface area (Å²) in [4.78, 5) is 4.58. The van der Waals surface area contributed by atoms with Gasteiger partial charge >= 0.3 is 0 Å².